The smallest absolute Gasteiger partial charge is 0.262 e. The van der Waals surface area contributed by atoms with Crippen molar-refractivity contribution in [3.05, 3.63) is 47.2 Å². The molecule has 0 bridgehead atoms. The van der Waals surface area contributed by atoms with Crippen molar-refractivity contribution >= 4 is 34.8 Å². The summed E-state index contributed by atoms with van der Waals surface area (Å²) in [5.74, 6) is 0.0220. The van der Waals surface area contributed by atoms with Crippen LogP contribution in [0.3, 0.4) is 0 Å². The van der Waals surface area contributed by atoms with Crippen molar-refractivity contribution in [2.24, 2.45) is 0 Å². The molecule has 0 spiro atoms. The van der Waals surface area contributed by atoms with Crippen molar-refractivity contribution in [3.63, 3.8) is 0 Å². The van der Waals surface area contributed by atoms with Crippen molar-refractivity contribution in [1.29, 1.82) is 0 Å². The largest absolute Gasteiger partial charge is 0.482 e. The number of amides is 2. The van der Waals surface area contributed by atoms with E-state index >= 15 is 0 Å². The Hall–Kier alpha value is -2.60. The van der Waals surface area contributed by atoms with E-state index in [1.54, 1.807) is 24.3 Å². The maximum Gasteiger partial charge on any atom is 0.262 e. The van der Waals surface area contributed by atoms with Crippen LogP contribution in [-0.4, -0.2) is 23.4 Å². The third-order valence-corrected chi connectivity index (χ3v) is 3.07. The lowest BCUT2D eigenvalue weighted by molar-refractivity contribution is -0.118. The van der Waals surface area contributed by atoms with Crippen molar-refractivity contribution < 1.29 is 14.3 Å². The van der Waals surface area contributed by atoms with Gasteiger partial charge >= 0.3 is 0 Å². The molecule has 1 aliphatic rings. The zero-order valence-corrected chi connectivity index (χ0v) is 11.5. The van der Waals surface area contributed by atoms with Gasteiger partial charge in [-0.2, -0.15) is 0 Å². The topological polar surface area (TPSA) is 80.3 Å². The van der Waals surface area contributed by atoms with Crippen LogP contribution in [0.5, 0.6) is 5.75 Å². The number of nitrogens with one attached hydrogen (secondary N) is 2. The molecule has 1 aromatic carbocycles. The fourth-order valence-electron chi connectivity index (χ4n) is 1.91. The van der Waals surface area contributed by atoms with Gasteiger partial charge in [-0.05, 0) is 30.3 Å². The number of rotatable bonds is 2. The molecule has 7 heteroatoms. The Morgan fingerprint density at radius 2 is 2.19 bits per heavy atom. The van der Waals surface area contributed by atoms with Crippen molar-refractivity contribution in [2.45, 2.75) is 0 Å². The fraction of sp³-hybridized carbons (Fsp3) is 0.0714. The van der Waals surface area contributed by atoms with Crippen LogP contribution >= 0.6 is 11.6 Å². The number of carbonyl (C=O) groups excluding carboxylic acids is 2. The van der Waals surface area contributed by atoms with Gasteiger partial charge in [-0.1, -0.05) is 11.6 Å². The molecule has 0 aliphatic carbocycles. The average molecular weight is 304 g/mol. The zero-order valence-electron chi connectivity index (χ0n) is 10.7. The molecule has 2 amide bonds. The SMILES string of the molecule is O=C1COc2ccc(NC(=O)c3ccnc(Cl)c3)cc2N1. The average Bonchev–Trinajstić information content (AvgIpc) is 2.46. The predicted molar refractivity (Wildman–Crippen MR) is 77.8 cm³/mol. The number of halogens is 1. The van der Waals surface area contributed by atoms with Crippen LogP contribution in [0.2, 0.25) is 5.15 Å². The van der Waals surface area contributed by atoms with E-state index in [-0.39, 0.29) is 23.6 Å². The highest BCUT2D eigenvalue weighted by Crippen LogP contribution is 2.30. The Kier molecular flexibility index (Phi) is 3.45. The Bertz CT molecular complexity index is 733. The van der Waals surface area contributed by atoms with Crippen LogP contribution in [0, 0.1) is 0 Å². The van der Waals surface area contributed by atoms with Gasteiger partial charge in [0.25, 0.3) is 11.8 Å². The molecule has 2 aromatic rings. The molecule has 106 valence electrons. The number of hydrogen-bond donors (Lipinski definition) is 2. The fourth-order valence-corrected chi connectivity index (χ4v) is 2.08. The van der Waals surface area contributed by atoms with Crippen LogP contribution in [0.15, 0.2) is 36.5 Å². The summed E-state index contributed by atoms with van der Waals surface area (Å²) in [5, 5.41) is 5.64. The predicted octanol–water partition coefficient (Wildman–Crippen LogP) is 2.32. The molecule has 0 saturated carbocycles. The minimum Gasteiger partial charge on any atom is -0.482 e. The third kappa shape index (κ3) is 2.95. The van der Waals surface area contributed by atoms with Gasteiger partial charge in [-0.3, -0.25) is 9.59 Å². The summed E-state index contributed by atoms with van der Waals surface area (Å²) < 4.78 is 5.25. The van der Waals surface area contributed by atoms with E-state index in [2.05, 4.69) is 15.6 Å². The zero-order chi connectivity index (χ0) is 14.8. The van der Waals surface area contributed by atoms with Crippen LogP contribution in [0.25, 0.3) is 0 Å². The maximum atomic E-state index is 12.1. The first-order valence-corrected chi connectivity index (χ1v) is 6.49. The first-order chi connectivity index (χ1) is 10.1. The monoisotopic (exact) mass is 303 g/mol. The molecule has 2 heterocycles. The number of pyridine rings is 1. The van der Waals surface area contributed by atoms with Crippen LogP contribution in [-0.2, 0) is 4.79 Å². The second-order valence-corrected chi connectivity index (χ2v) is 4.76. The Balaban J connectivity index is 1.80. The summed E-state index contributed by atoms with van der Waals surface area (Å²) in [5.41, 5.74) is 1.46. The summed E-state index contributed by atoms with van der Waals surface area (Å²) in [6, 6.07) is 8.04. The van der Waals surface area contributed by atoms with Crippen molar-refractivity contribution in [2.75, 3.05) is 17.2 Å². The number of fused-ring (bicyclic) bond motifs is 1. The Morgan fingerprint density at radius 1 is 1.33 bits per heavy atom. The first-order valence-electron chi connectivity index (χ1n) is 6.11. The molecular formula is C14H10ClN3O3. The molecule has 3 rings (SSSR count). The minimum absolute atomic E-state index is 0.00573. The maximum absolute atomic E-state index is 12.1. The molecule has 0 unspecified atom stereocenters. The van der Waals surface area contributed by atoms with E-state index in [0.29, 0.717) is 22.7 Å². The van der Waals surface area contributed by atoms with Gasteiger partial charge in [0.15, 0.2) is 6.61 Å². The van der Waals surface area contributed by atoms with Crippen LogP contribution < -0.4 is 15.4 Å². The van der Waals surface area contributed by atoms with Crippen molar-refractivity contribution in [3.8, 4) is 5.75 Å². The van der Waals surface area contributed by atoms with Crippen LogP contribution in [0.4, 0.5) is 11.4 Å². The lowest BCUT2D eigenvalue weighted by Crippen LogP contribution is -2.25. The van der Waals surface area contributed by atoms with Gasteiger partial charge in [0.05, 0.1) is 5.69 Å². The van der Waals surface area contributed by atoms with Crippen molar-refractivity contribution in [1.82, 2.24) is 4.98 Å². The molecular weight excluding hydrogens is 294 g/mol. The van der Waals surface area contributed by atoms with E-state index in [9.17, 15) is 9.59 Å². The van der Waals surface area contributed by atoms with E-state index < -0.39 is 0 Å². The number of carbonyl (C=O) groups is 2. The highest BCUT2D eigenvalue weighted by atomic mass is 35.5. The summed E-state index contributed by atoms with van der Waals surface area (Å²) in [4.78, 5) is 27.2. The third-order valence-electron chi connectivity index (χ3n) is 2.86. The minimum atomic E-state index is -0.317. The standard InChI is InChI=1S/C14H10ClN3O3/c15-12-5-8(3-4-16-12)14(20)17-9-1-2-11-10(6-9)18-13(19)7-21-11/h1-6H,7H2,(H,17,20)(H,18,19). The second-order valence-electron chi connectivity index (χ2n) is 4.37. The summed E-state index contributed by atoms with van der Waals surface area (Å²) in [6.45, 7) is -0.00573. The Labute approximate surface area is 125 Å². The van der Waals surface area contributed by atoms with Crippen LogP contribution in [0.1, 0.15) is 10.4 Å². The molecule has 0 saturated heterocycles. The number of ether oxygens (including phenoxy) is 1. The summed E-state index contributed by atoms with van der Waals surface area (Å²) >= 11 is 5.75. The lowest BCUT2D eigenvalue weighted by Gasteiger charge is -2.18. The number of anilines is 2. The molecule has 0 radical (unpaired) electrons. The number of hydrogen-bond acceptors (Lipinski definition) is 4. The molecule has 1 aromatic heterocycles. The van der Waals surface area contributed by atoms with Gasteiger partial charge in [0.2, 0.25) is 0 Å². The van der Waals surface area contributed by atoms with Gasteiger partial charge in [-0.15, -0.1) is 0 Å². The number of nitrogens with zero attached hydrogens (tertiary/aromatic N) is 1. The number of benzene rings is 1. The summed E-state index contributed by atoms with van der Waals surface area (Å²) in [6.07, 6.45) is 1.46. The molecule has 0 atom stereocenters. The summed E-state index contributed by atoms with van der Waals surface area (Å²) in [7, 11) is 0. The molecule has 21 heavy (non-hydrogen) atoms. The first kappa shape index (κ1) is 13.4. The highest BCUT2D eigenvalue weighted by molar-refractivity contribution is 6.29. The van der Waals surface area contributed by atoms with Gasteiger partial charge in [0.1, 0.15) is 10.9 Å². The second kappa shape index (κ2) is 5.41. The number of aromatic nitrogens is 1. The van der Waals surface area contributed by atoms with Gasteiger partial charge < -0.3 is 15.4 Å². The highest BCUT2D eigenvalue weighted by Gasteiger charge is 2.16. The Morgan fingerprint density at radius 3 is 3.00 bits per heavy atom. The lowest BCUT2D eigenvalue weighted by atomic mass is 10.2. The van der Waals surface area contributed by atoms with E-state index in [0.717, 1.165) is 0 Å². The van der Waals surface area contributed by atoms with Gasteiger partial charge in [-0.25, -0.2) is 4.98 Å². The molecule has 2 N–H and O–H groups in total. The quantitative estimate of drug-likeness (QED) is 0.834. The van der Waals surface area contributed by atoms with E-state index in [1.807, 2.05) is 0 Å². The molecule has 0 fully saturated rings. The molecule has 6 nitrogen and oxygen atoms in total. The normalized spacial score (nSPS) is 12.9. The van der Waals surface area contributed by atoms with Gasteiger partial charge in [0, 0.05) is 17.4 Å². The van der Waals surface area contributed by atoms with E-state index in [1.165, 1.54) is 12.3 Å². The van der Waals surface area contributed by atoms with E-state index in [4.69, 9.17) is 16.3 Å². The molecule has 1 aliphatic heterocycles.